The van der Waals surface area contributed by atoms with Crippen LogP contribution in [-0.4, -0.2) is 17.0 Å². The van der Waals surface area contributed by atoms with E-state index < -0.39 is 5.97 Å². The number of aryl methyl sites for hydroxylation is 2. The van der Waals surface area contributed by atoms with Gasteiger partial charge in [0.15, 0.2) is 0 Å². The van der Waals surface area contributed by atoms with Crippen LogP contribution in [0.15, 0.2) is 18.2 Å². The third kappa shape index (κ3) is 3.38. The molecule has 0 aromatic heterocycles. The van der Waals surface area contributed by atoms with Gasteiger partial charge in [-0.2, -0.15) is 0 Å². The quantitative estimate of drug-likeness (QED) is 0.816. The molecule has 4 heteroatoms. The van der Waals surface area contributed by atoms with E-state index in [1.807, 2.05) is 25.1 Å². The fourth-order valence-corrected chi connectivity index (χ4v) is 1.53. The summed E-state index contributed by atoms with van der Waals surface area (Å²) >= 11 is 0. The third-order valence-corrected chi connectivity index (χ3v) is 2.27. The SMILES string of the molecule is CC(=O)Nc1c(C)cccc1CCC(=O)O. The van der Waals surface area contributed by atoms with Crippen LogP contribution in [-0.2, 0) is 16.0 Å². The maximum absolute atomic E-state index is 11.0. The van der Waals surface area contributed by atoms with Crippen LogP contribution in [0.1, 0.15) is 24.5 Å². The zero-order valence-corrected chi connectivity index (χ0v) is 9.41. The number of para-hydroxylation sites is 1. The van der Waals surface area contributed by atoms with Gasteiger partial charge in [-0.25, -0.2) is 0 Å². The lowest BCUT2D eigenvalue weighted by molar-refractivity contribution is -0.136. The van der Waals surface area contributed by atoms with Crippen LogP contribution in [0.5, 0.6) is 0 Å². The topological polar surface area (TPSA) is 66.4 Å². The maximum atomic E-state index is 11.0. The molecule has 0 radical (unpaired) electrons. The minimum Gasteiger partial charge on any atom is -0.481 e. The minimum absolute atomic E-state index is 0.0655. The number of carbonyl (C=O) groups excluding carboxylic acids is 1. The summed E-state index contributed by atoms with van der Waals surface area (Å²) in [5.41, 5.74) is 2.53. The number of amides is 1. The molecule has 0 saturated carbocycles. The molecular weight excluding hydrogens is 206 g/mol. The van der Waals surface area contributed by atoms with Crippen molar-refractivity contribution >= 4 is 17.6 Å². The summed E-state index contributed by atoms with van der Waals surface area (Å²) in [6.45, 7) is 3.32. The Morgan fingerprint density at radius 3 is 2.62 bits per heavy atom. The van der Waals surface area contributed by atoms with E-state index in [1.165, 1.54) is 6.92 Å². The molecule has 86 valence electrons. The van der Waals surface area contributed by atoms with Gasteiger partial charge in [0.1, 0.15) is 0 Å². The van der Waals surface area contributed by atoms with Crippen molar-refractivity contribution in [1.82, 2.24) is 0 Å². The van der Waals surface area contributed by atoms with Gasteiger partial charge in [-0.15, -0.1) is 0 Å². The number of hydrogen-bond acceptors (Lipinski definition) is 2. The second kappa shape index (κ2) is 5.30. The molecule has 0 saturated heterocycles. The summed E-state index contributed by atoms with van der Waals surface area (Å²) in [6.07, 6.45) is 0.489. The lowest BCUT2D eigenvalue weighted by Gasteiger charge is -2.12. The van der Waals surface area contributed by atoms with Gasteiger partial charge in [0.2, 0.25) is 5.91 Å². The summed E-state index contributed by atoms with van der Waals surface area (Å²) in [6, 6.07) is 5.58. The Balaban J connectivity index is 2.93. The van der Waals surface area contributed by atoms with Crippen molar-refractivity contribution in [3.63, 3.8) is 0 Å². The van der Waals surface area contributed by atoms with Gasteiger partial charge >= 0.3 is 5.97 Å². The molecule has 0 aliphatic rings. The minimum atomic E-state index is -0.838. The summed E-state index contributed by atoms with van der Waals surface area (Å²) in [4.78, 5) is 21.5. The van der Waals surface area contributed by atoms with Crippen molar-refractivity contribution in [3.05, 3.63) is 29.3 Å². The van der Waals surface area contributed by atoms with Crippen LogP contribution in [0.25, 0.3) is 0 Å². The lowest BCUT2D eigenvalue weighted by Crippen LogP contribution is -2.10. The average Bonchev–Trinajstić information content (AvgIpc) is 2.18. The van der Waals surface area contributed by atoms with Crippen molar-refractivity contribution in [2.75, 3.05) is 5.32 Å². The van der Waals surface area contributed by atoms with Crippen molar-refractivity contribution < 1.29 is 14.7 Å². The molecule has 1 amide bonds. The van der Waals surface area contributed by atoms with Gasteiger partial charge in [-0.3, -0.25) is 9.59 Å². The molecule has 16 heavy (non-hydrogen) atoms. The molecule has 0 heterocycles. The molecule has 0 aliphatic carbocycles. The van der Waals surface area contributed by atoms with Gasteiger partial charge in [-0.05, 0) is 24.5 Å². The predicted molar refractivity (Wildman–Crippen MR) is 61.4 cm³/mol. The van der Waals surface area contributed by atoms with Crippen LogP contribution in [0, 0.1) is 6.92 Å². The van der Waals surface area contributed by atoms with Gasteiger partial charge in [0.25, 0.3) is 0 Å². The standard InChI is InChI=1S/C12H15NO3/c1-8-4-3-5-10(6-7-11(15)16)12(8)13-9(2)14/h3-5H,6-7H2,1-2H3,(H,13,14)(H,15,16). The van der Waals surface area contributed by atoms with E-state index in [0.717, 1.165) is 16.8 Å². The highest BCUT2D eigenvalue weighted by Crippen LogP contribution is 2.21. The second-order valence-electron chi connectivity index (χ2n) is 3.68. The largest absolute Gasteiger partial charge is 0.481 e. The van der Waals surface area contributed by atoms with Gasteiger partial charge < -0.3 is 10.4 Å². The highest BCUT2D eigenvalue weighted by molar-refractivity contribution is 5.90. The van der Waals surface area contributed by atoms with E-state index in [1.54, 1.807) is 0 Å². The number of carboxylic acid groups (broad SMARTS) is 1. The first-order valence-corrected chi connectivity index (χ1v) is 5.08. The summed E-state index contributed by atoms with van der Waals surface area (Å²) < 4.78 is 0. The lowest BCUT2D eigenvalue weighted by atomic mass is 10.0. The van der Waals surface area contributed by atoms with E-state index in [2.05, 4.69) is 5.32 Å². The number of nitrogens with one attached hydrogen (secondary N) is 1. The molecule has 0 bridgehead atoms. The number of hydrogen-bond donors (Lipinski definition) is 2. The first kappa shape index (κ1) is 12.2. The number of aliphatic carboxylic acids is 1. The van der Waals surface area contributed by atoms with Gasteiger partial charge in [0, 0.05) is 19.0 Å². The number of carboxylic acids is 1. The highest BCUT2D eigenvalue weighted by atomic mass is 16.4. The average molecular weight is 221 g/mol. The molecule has 0 aliphatic heterocycles. The molecule has 0 fully saturated rings. The van der Waals surface area contributed by atoms with Gasteiger partial charge in [-0.1, -0.05) is 18.2 Å². The molecule has 1 aromatic rings. The number of anilines is 1. The van der Waals surface area contributed by atoms with Crippen LogP contribution < -0.4 is 5.32 Å². The Labute approximate surface area is 94.3 Å². The Morgan fingerprint density at radius 1 is 1.38 bits per heavy atom. The maximum Gasteiger partial charge on any atom is 0.303 e. The number of rotatable bonds is 4. The molecule has 2 N–H and O–H groups in total. The Hall–Kier alpha value is -1.84. The Morgan fingerprint density at radius 2 is 2.06 bits per heavy atom. The van der Waals surface area contributed by atoms with E-state index in [4.69, 9.17) is 5.11 Å². The second-order valence-corrected chi connectivity index (χ2v) is 3.68. The highest BCUT2D eigenvalue weighted by Gasteiger charge is 2.08. The normalized spacial score (nSPS) is 9.88. The zero-order chi connectivity index (χ0) is 12.1. The van der Waals surface area contributed by atoms with E-state index in [9.17, 15) is 9.59 Å². The van der Waals surface area contributed by atoms with Crippen molar-refractivity contribution in [2.24, 2.45) is 0 Å². The monoisotopic (exact) mass is 221 g/mol. The summed E-state index contributed by atoms with van der Waals surface area (Å²) in [7, 11) is 0. The number of carbonyl (C=O) groups is 2. The van der Waals surface area contributed by atoms with Crippen LogP contribution in [0.3, 0.4) is 0 Å². The summed E-state index contributed by atoms with van der Waals surface area (Å²) in [5, 5.41) is 11.4. The third-order valence-electron chi connectivity index (χ3n) is 2.27. The first-order chi connectivity index (χ1) is 7.50. The van der Waals surface area contributed by atoms with E-state index in [0.29, 0.717) is 6.42 Å². The predicted octanol–water partition coefficient (Wildman–Crippen LogP) is 1.97. The fourth-order valence-electron chi connectivity index (χ4n) is 1.53. The fraction of sp³-hybridized carbons (Fsp3) is 0.333. The first-order valence-electron chi connectivity index (χ1n) is 5.08. The Bertz CT molecular complexity index is 413. The van der Waals surface area contributed by atoms with E-state index in [-0.39, 0.29) is 12.3 Å². The Kier molecular flexibility index (Phi) is 4.05. The summed E-state index contributed by atoms with van der Waals surface area (Å²) in [5.74, 6) is -0.985. The molecule has 0 atom stereocenters. The molecular formula is C12H15NO3. The van der Waals surface area contributed by atoms with Crippen LogP contribution >= 0.6 is 0 Å². The molecule has 0 spiro atoms. The number of benzene rings is 1. The van der Waals surface area contributed by atoms with Crippen molar-refractivity contribution in [1.29, 1.82) is 0 Å². The molecule has 0 unspecified atom stereocenters. The van der Waals surface area contributed by atoms with Crippen LogP contribution in [0.4, 0.5) is 5.69 Å². The van der Waals surface area contributed by atoms with E-state index >= 15 is 0 Å². The van der Waals surface area contributed by atoms with Gasteiger partial charge in [0.05, 0.1) is 0 Å². The molecule has 4 nitrogen and oxygen atoms in total. The van der Waals surface area contributed by atoms with Crippen LogP contribution in [0.2, 0.25) is 0 Å². The smallest absolute Gasteiger partial charge is 0.303 e. The molecule has 1 aromatic carbocycles. The van der Waals surface area contributed by atoms with Crippen molar-refractivity contribution in [2.45, 2.75) is 26.7 Å². The molecule has 1 rings (SSSR count). The van der Waals surface area contributed by atoms with Crippen molar-refractivity contribution in [3.8, 4) is 0 Å². The zero-order valence-electron chi connectivity index (χ0n) is 9.41.